The summed E-state index contributed by atoms with van der Waals surface area (Å²) in [5.74, 6) is 0.196. The first-order valence-electron chi connectivity index (χ1n) is 5.53. The third kappa shape index (κ3) is 2.37. The standard InChI is InChI=1S/C11H17N3O/c1-10-5-6-12-14(10)9-11(15)13-7-3-2-4-8-13/h5-6H,2-4,7-9H2,1H3. The molecule has 1 amide bonds. The van der Waals surface area contributed by atoms with E-state index in [0.717, 1.165) is 31.6 Å². The number of carbonyl (C=O) groups is 1. The fourth-order valence-corrected chi connectivity index (χ4v) is 1.94. The minimum Gasteiger partial charge on any atom is -0.341 e. The molecule has 1 aromatic heterocycles. The van der Waals surface area contributed by atoms with Crippen molar-refractivity contribution in [2.24, 2.45) is 0 Å². The van der Waals surface area contributed by atoms with Gasteiger partial charge >= 0.3 is 0 Å². The Bertz CT molecular complexity index is 339. The van der Waals surface area contributed by atoms with Gasteiger partial charge in [-0.1, -0.05) is 0 Å². The van der Waals surface area contributed by atoms with Gasteiger partial charge in [-0.05, 0) is 32.3 Å². The Morgan fingerprint density at radius 1 is 1.40 bits per heavy atom. The Hall–Kier alpha value is -1.32. The molecule has 4 nitrogen and oxygen atoms in total. The highest BCUT2D eigenvalue weighted by molar-refractivity contribution is 5.76. The Kier molecular flexibility index (Phi) is 3.04. The van der Waals surface area contributed by atoms with Crippen molar-refractivity contribution in [3.8, 4) is 0 Å². The molecule has 0 unspecified atom stereocenters. The molecule has 0 bridgehead atoms. The van der Waals surface area contributed by atoms with E-state index in [1.165, 1.54) is 6.42 Å². The van der Waals surface area contributed by atoms with Gasteiger partial charge in [0.15, 0.2) is 0 Å². The lowest BCUT2D eigenvalue weighted by Crippen LogP contribution is -2.38. The molecule has 0 aliphatic carbocycles. The van der Waals surface area contributed by atoms with Crippen LogP contribution < -0.4 is 0 Å². The quantitative estimate of drug-likeness (QED) is 0.731. The Balaban J connectivity index is 1.94. The SMILES string of the molecule is Cc1ccnn1CC(=O)N1CCCCC1. The van der Waals surface area contributed by atoms with Crippen molar-refractivity contribution >= 4 is 5.91 Å². The highest BCUT2D eigenvalue weighted by Gasteiger charge is 2.17. The molecule has 1 aromatic rings. The number of rotatable bonds is 2. The van der Waals surface area contributed by atoms with Crippen molar-refractivity contribution in [1.82, 2.24) is 14.7 Å². The highest BCUT2D eigenvalue weighted by atomic mass is 16.2. The summed E-state index contributed by atoms with van der Waals surface area (Å²) >= 11 is 0. The molecule has 0 radical (unpaired) electrons. The van der Waals surface area contributed by atoms with Crippen LogP contribution in [0.3, 0.4) is 0 Å². The van der Waals surface area contributed by atoms with Crippen LogP contribution in [-0.4, -0.2) is 33.7 Å². The lowest BCUT2D eigenvalue weighted by Gasteiger charge is -2.26. The highest BCUT2D eigenvalue weighted by Crippen LogP contribution is 2.09. The molecule has 0 atom stereocenters. The van der Waals surface area contributed by atoms with Crippen LogP contribution in [0.1, 0.15) is 25.0 Å². The molecule has 0 aromatic carbocycles. The van der Waals surface area contributed by atoms with E-state index in [-0.39, 0.29) is 5.91 Å². The molecule has 0 spiro atoms. The normalized spacial score (nSPS) is 16.7. The average Bonchev–Trinajstić information content (AvgIpc) is 2.66. The number of hydrogen-bond donors (Lipinski definition) is 0. The van der Waals surface area contributed by atoms with Crippen LogP contribution in [0.15, 0.2) is 12.3 Å². The predicted octanol–water partition coefficient (Wildman–Crippen LogP) is 1.20. The van der Waals surface area contributed by atoms with E-state index in [9.17, 15) is 4.79 Å². The summed E-state index contributed by atoms with van der Waals surface area (Å²) < 4.78 is 1.76. The van der Waals surface area contributed by atoms with E-state index in [1.54, 1.807) is 10.9 Å². The van der Waals surface area contributed by atoms with Gasteiger partial charge in [0, 0.05) is 25.0 Å². The summed E-state index contributed by atoms with van der Waals surface area (Å²) in [6.45, 7) is 4.19. The van der Waals surface area contributed by atoms with Gasteiger partial charge in [-0.15, -0.1) is 0 Å². The Morgan fingerprint density at radius 2 is 2.13 bits per heavy atom. The fourth-order valence-electron chi connectivity index (χ4n) is 1.94. The summed E-state index contributed by atoms with van der Waals surface area (Å²) in [5, 5.41) is 4.12. The third-order valence-electron chi connectivity index (χ3n) is 2.92. The topological polar surface area (TPSA) is 38.1 Å². The molecule has 82 valence electrons. The smallest absolute Gasteiger partial charge is 0.244 e. The van der Waals surface area contributed by atoms with Crippen molar-refractivity contribution in [3.05, 3.63) is 18.0 Å². The Morgan fingerprint density at radius 3 is 2.73 bits per heavy atom. The number of likely N-dealkylation sites (tertiary alicyclic amines) is 1. The molecule has 1 aliphatic heterocycles. The van der Waals surface area contributed by atoms with E-state index in [1.807, 2.05) is 17.9 Å². The largest absolute Gasteiger partial charge is 0.341 e. The molecule has 2 rings (SSSR count). The van der Waals surface area contributed by atoms with Gasteiger partial charge in [0.25, 0.3) is 0 Å². The number of amides is 1. The average molecular weight is 207 g/mol. The number of hydrogen-bond acceptors (Lipinski definition) is 2. The maximum Gasteiger partial charge on any atom is 0.244 e. The van der Waals surface area contributed by atoms with Gasteiger partial charge in [0.2, 0.25) is 5.91 Å². The molecule has 1 aliphatic rings. The zero-order chi connectivity index (χ0) is 10.7. The maximum absolute atomic E-state index is 11.9. The van der Waals surface area contributed by atoms with Crippen molar-refractivity contribution in [2.45, 2.75) is 32.7 Å². The van der Waals surface area contributed by atoms with Crippen molar-refractivity contribution in [1.29, 1.82) is 0 Å². The second-order valence-electron chi connectivity index (χ2n) is 4.07. The zero-order valence-corrected chi connectivity index (χ0v) is 9.15. The first-order valence-corrected chi connectivity index (χ1v) is 5.53. The van der Waals surface area contributed by atoms with E-state index in [0.29, 0.717) is 6.54 Å². The van der Waals surface area contributed by atoms with Gasteiger partial charge in [0.05, 0.1) is 0 Å². The van der Waals surface area contributed by atoms with Crippen LogP contribution in [0, 0.1) is 6.92 Å². The van der Waals surface area contributed by atoms with E-state index < -0.39 is 0 Å². The number of carbonyl (C=O) groups excluding carboxylic acids is 1. The van der Waals surface area contributed by atoms with Gasteiger partial charge in [-0.25, -0.2) is 0 Å². The molecule has 1 fully saturated rings. The van der Waals surface area contributed by atoms with Crippen LogP contribution in [0.5, 0.6) is 0 Å². The zero-order valence-electron chi connectivity index (χ0n) is 9.15. The molecule has 1 saturated heterocycles. The van der Waals surface area contributed by atoms with E-state index in [4.69, 9.17) is 0 Å². The summed E-state index contributed by atoms with van der Waals surface area (Å²) in [5.41, 5.74) is 1.04. The summed E-state index contributed by atoms with van der Waals surface area (Å²) in [6, 6.07) is 1.92. The second kappa shape index (κ2) is 4.47. The first-order chi connectivity index (χ1) is 7.27. The second-order valence-corrected chi connectivity index (χ2v) is 4.07. The molecule has 15 heavy (non-hydrogen) atoms. The number of aryl methyl sites for hydroxylation is 1. The van der Waals surface area contributed by atoms with Crippen LogP contribution >= 0.6 is 0 Å². The van der Waals surface area contributed by atoms with Crippen LogP contribution in [-0.2, 0) is 11.3 Å². The summed E-state index contributed by atoms with van der Waals surface area (Å²) in [7, 11) is 0. The van der Waals surface area contributed by atoms with E-state index in [2.05, 4.69) is 5.10 Å². The summed E-state index contributed by atoms with van der Waals surface area (Å²) in [4.78, 5) is 13.8. The minimum atomic E-state index is 0.196. The molecular weight excluding hydrogens is 190 g/mol. The number of aromatic nitrogens is 2. The summed E-state index contributed by atoms with van der Waals surface area (Å²) in [6.07, 6.45) is 5.27. The van der Waals surface area contributed by atoms with Gasteiger partial charge < -0.3 is 4.90 Å². The first kappa shape index (κ1) is 10.2. The van der Waals surface area contributed by atoms with Crippen LogP contribution in [0.4, 0.5) is 0 Å². The Labute approximate surface area is 89.9 Å². The van der Waals surface area contributed by atoms with Crippen molar-refractivity contribution < 1.29 is 4.79 Å². The molecule has 2 heterocycles. The third-order valence-corrected chi connectivity index (χ3v) is 2.92. The van der Waals surface area contributed by atoms with Gasteiger partial charge in [-0.3, -0.25) is 9.48 Å². The lowest BCUT2D eigenvalue weighted by atomic mass is 10.1. The monoisotopic (exact) mass is 207 g/mol. The lowest BCUT2D eigenvalue weighted by molar-refractivity contribution is -0.132. The van der Waals surface area contributed by atoms with E-state index >= 15 is 0 Å². The van der Waals surface area contributed by atoms with Crippen molar-refractivity contribution in [2.75, 3.05) is 13.1 Å². The molecule has 0 saturated carbocycles. The van der Waals surface area contributed by atoms with Crippen LogP contribution in [0.2, 0.25) is 0 Å². The predicted molar refractivity (Wildman–Crippen MR) is 57.4 cm³/mol. The van der Waals surface area contributed by atoms with Crippen molar-refractivity contribution in [3.63, 3.8) is 0 Å². The van der Waals surface area contributed by atoms with Crippen LogP contribution in [0.25, 0.3) is 0 Å². The molecular formula is C11H17N3O. The molecule has 0 N–H and O–H groups in total. The minimum absolute atomic E-state index is 0.196. The maximum atomic E-state index is 11.9. The number of nitrogens with zero attached hydrogens (tertiary/aromatic N) is 3. The van der Waals surface area contributed by atoms with Gasteiger partial charge in [0.1, 0.15) is 6.54 Å². The fraction of sp³-hybridized carbons (Fsp3) is 0.636. The van der Waals surface area contributed by atoms with Gasteiger partial charge in [-0.2, -0.15) is 5.10 Å². The number of piperidine rings is 1. The molecule has 4 heteroatoms.